The molecule has 0 amide bonds. The summed E-state index contributed by atoms with van der Waals surface area (Å²) in [6, 6.07) is 10.8. The zero-order chi connectivity index (χ0) is 17.3. The molecule has 3 nitrogen and oxygen atoms in total. The van der Waals surface area contributed by atoms with Crippen LogP contribution in [0.3, 0.4) is 0 Å². The summed E-state index contributed by atoms with van der Waals surface area (Å²) < 4.78 is 19.2. The van der Waals surface area contributed by atoms with Gasteiger partial charge >= 0.3 is 0 Å². The molecule has 0 bridgehead atoms. The molecule has 1 spiro atoms. The van der Waals surface area contributed by atoms with E-state index in [4.69, 9.17) is 14.2 Å². The SMILES string of the molecule is C[C@]12[C@H](CC[C@]3(C)[C@@H]1CCCC31OCCO1)O[C@]2(C)c1ccccc1. The lowest BCUT2D eigenvalue weighted by Crippen LogP contribution is -2.74. The first-order valence-electron chi connectivity index (χ1n) is 9.98. The Morgan fingerprint density at radius 1 is 0.920 bits per heavy atom. The Hall–Kier alpha value is -0.900. The van der Waals surface area contributed by atoms with Gasteiger partial charge in [0, 0.05) is 17.3 Å². The second-order valence-electron chi connectivity index (χ2n) is 9.14. The lowest BCUT2D eigenvalue weighted by Gasteiger charge is -2.73. The van der Waals surface area contributed by atoms with Gasteiger partial charge in [-0.3, -0.25) is 0 Å². The number of fused-ring (bicyclic) bond motifs is 4. The molecule has 25 heavy (non-hydrogen) atoms. The van der Waals surface area contributed by atoms with Gasteiger partial charge in [0.1, 0.15) is 0 Å². The maximum Gasteiger partial charge on any atom is 0.174 e. The van der Waals surface area contributed by atoms with Gasteiger partial charge in [-0.2, -0.15) is 0 Å². The predicted molar refractivity (Wildman–Crippen MR) is 96.1 cm³/mol. The van der Waals surface area contributed by atoms with E-state index >= 15 is 0 Å². The quantitative estimate of drug-likeness (QED) is 0.743. The fourth-order valence-corrected chi connectivity index (χ4v) is 6.93. The highest BCUT2D eigenvalue weighted by Gasteiger charge is 2.74. The van der Waals surface area contributed by atoms with Gasteiger partial charge in [-0.15, -0.1) is 0 Å². The van der Waals surface area contributed by atoms with Gasteiger partial charge in [0.2, 0.25) is 0 Å². The molecule has 1 aromatic rings. The largest absolute Gasteiger partial charge is 0.366 e. The molecule has 1 aromatic carbocycles. The number of rotatable bonds is 1. The summed E-state index contributed by atoms with van der Waals surface area (Å²) in [7, 11) is 0. The lowest BCUT2D eigenvalue weighted by atomic mass is 9.41. The Bertz CT molecular complexity index is 667. The van der Waals surface area contributed by atoms with Crippen LogP contribution in [0.2, 0.25) is 0 Å². The van der Waals surface area contributed by atoms with E-state index in [9.17, 15) is 0 Å². The summed E-state index contributed by atoms with van der Waals surface area (Å²) in [5, 5.41) is 0. The summed E-state index contributed by atoms with van der Waals surface area (Å²) in [6.45, 7) is 8.71. The maximum absolute atomic E-state index is 6.58. The lowest BCUT2D eigenvalue weighted by molar-refractivity contribution is -0.398. The molecule has 5 atom stereocenters. The fourth-order valence-electron chi connectivity index (χ4n) is 6.93. The Morgan fingerprint density at radius 2 is 1.64 bits per heavy atom. The molecule has 5 rings (SSSR count). The Labute approximate surface area is 151 Å². The van der Waals surface area contributed by atoms with Gasteiger partial charge < -0.3 is 14.2 Å². The number of hydrogen-bond donors (Lipinski definition) is 0. The van der Waals surface area contributed by atoms with E-state index in [2.05, 4.69) is 51.1 Å². The molecule has 4 aliphatic rings. The molecule has 0 aromatic heterocycles. The molecule has 4 fully saturated rings. The van der Waals surface area contributed by atoms with Crippen LogP contribution in [0.5, 0.6) is 0 Å². The van der Waals surface area contributed by atoms with Gasteiger partial charge in [-0.05, 0) is 44.1 Å². The smallest absolute Gasteiger partial charge is 0.174 e. The maximum atomic E-state index is 6.58. The molecule has 3 heteroatoms. The Kier molecular flexibility index (Phi) is 3.31. The first-order chi connectivity index (χ1) is 12.0. The highest BCUT2D eigenvalue weighted by Crippen LogP contribution is 2.73. The van der Waals surface area contributed by atoms with Crippen molar-refractivity contribution < 1.29 is 14.2 Å². The molecule has 0 radical (unpaired) electrons. The molecule has 2 saturated heterocycles. The van der Waals surface area contributed by atoms with Crippen LogP contribution in [0.1, 0.15) is 58.4 Å². The monoisotopic (exact) mass is 342 g/mol. The van der Waals surface area contributed by atoms with Crippen molar-refractivity contribution in [3.63, 3.8) is 0 Å². The average molecular weight is 342 g/mol. The third kappa shape index (κ3) is 1.78. The third-order valence-corrected chi connectivity index (χ3v) is 8.44. The van der Waals surface area contributed by atoms with Gasteiger partial charge in [0.25, 0.3) is 0 Å². The van der Waals surface area contributed by atoms with Crippen LogP contribution in [-0.2, 0) is 19.8 Å². The van der Waals surface area contributed by atoms with Crippen LogP contribution < -0.4 is 0 Å². The van der Waals surface area contributed by atoms with E-state index in [1.807, 2.05) is 0 Å². The molecular formula is C22H30O3. The van der Waals surface area contributed by atoms with Gasteiger partial charge in [0.05, 0.1) is 24.9 Å². The normalized spacial score (nSPS) is 47.8. The van der Waals surface area contributed by atoms with Gasteiger partial charge in [-0.1, -0.05) is 44.2 Å². The topological polar surface area (TPSA) is 27.7 Å². The number of hydrogen-bond acceptors (Lipinski definition) is 3. The van der Waals surface area contributed by atoms with E-state index < -0.39 is 0 Å². The van der Waals surface area contributed by atoms with Crippen LogP contribution in [-0.4, -0.2) is 25.1 Å². The van der Waals surface area contributed by atoms with Crippen molar-refractivity contribution in [2.75, 3.05) is 13.2 Å². The minimum Gasteiger partial charge on any atom is -0.366 e. The third-order valence-electron chi connectivity index (χ3n) is 8.44. The summed E-state index contributed by atoms with van der Waals surface area (Å²) in [6.07, 6.45) is 6.09. The first-order valence-corrected chi connectivity index (χ1v) is 9.98. The minimum absolute atomic E-state index is 0.0762. The molecule has 2 heterocycles. The van der Waals surface area contributed by atoms with Crippen molar-refractivity contribution in [2.45, 2.75) is 70.4 Å². The molecule has 2 saturated carbocycles. The summed E-state index contributed by atoms with van der Waals surface area (Å²) in [5.41, 5.74) is 1.30. The summed E-state index contributed by atoms with van der Waals surface area (Å²) in [4.78, 5) is 0. The summed E-state index contributed by atoms with van der Waals surface area (Å²) in [5.74, 6) is 0.196. The zero-order valence-corrected chi connectivity index (χ0v) is 15.7. The van der Waals surface area contributed by atoms with Gasteiger partial charge in [0.15, 0.2) is 5.79 Å². The van der Waals surface area contributed by atoms with Crippen molar-refractivity contribution in [3.05, 3.63) is 35.9 Å². The fraction of sp³-hybridized carbons (Fsp3) is 0.727. The number of ether oxygens (including phenoxy) is 3. The molecule has 136 valence electrons. The zero-order valence-electron chi connectivity index (χ0n) is 15.7. The molecule has 2 aliphatic carbocycles. The van der Waals surface area contributed by atoms with Crippen molar-refractivity contribution >= 4 is 0 Å². The highest BCUT2D eigenvalue weighted by atomic mass is 16.7. The molecule has 0 unspecified atom stereocenters. The standard InChI is InChI=1S/C22H30O3/c1-19-13-11-18-20(2,21(3,25-18)16-8-5-4-6-9-16)17(19)10-7-12-22(19)23-14-15-24-22/h4-6,8-9,17-18H,7,10-15H2,1-3H3/t17-,18-,19+,20+,21+/m0/s1. The van der Waals surface area contributed by atoms with Crippen molar-refractivity contribution in [1.29, 1.82) is 0 Å². The van der Waals surface area contributed by atoms with Crippen LogP contribution in [0.15, 0.2) is 30.3 Å². The van der Waals surface area contributed by atoms with Crippen molar-refractivity contribution in [2.24, 2.45) is 16.7 Å². The molecular weight excluding hydrogens is 312 g/mol. The predicted octanol–water partition coefficient (Wildman–Crippen LogP) is 4.65. The van der Waals surface area contributed by atoms with E-state index in [0.29, 0.717) is 12.0 Å². The van der Waals surface area contributed by atoms with E-state index in [1.54, 1.807) is 0 Å². The van der Waals surface area contributed by atoms with Crippen molar-refractivity contribution in [1.82, 2.24) is 0 Å². The minimum atomic E-state index is -0.364. The first kappa shape index (κ1) is 16.3. The van der Waals surface area contributed by atoms with Crippen LogP contribution in [0.25, 0.3) is 0 Å². The van der Waals surface area contributed by atoms with Crippen molar-refractivity contribution in [3.8, 4) is 0 Å². The van der Waals surface area contributed by atoms with Gasteiger partial charge in [-0.25, -0.2) is 0 Å². The van der Waals surface area contributed by atoms with Crippen LogP contribution in [0, 0.1) is 16.7 Å². The molecule has 2 aliphatic heterocycles. The Morgan fingerprint density at radius 3 is 2.36 bits per heavy atom. The molecule has 0 N–H and O–H groups in total. The second-order valence-corrected chi connectivity index (χ2v) is 9.14. The van der Waals surface area contributed by atoms with E-state index in [1.165, 1.54) is 18.4 Å². The number of benzene rings is 1. The van der Waals surface area contributed by atoms with E-state index in [0.717, 1.165) is 32.5 Å². The van der Waals surface area contributed by atoms with Crippen LogP contribution >= 0.6 is 0 Å². The summed E-state index contributed by atoms with van der Waals surface area (Å²) >= 11 is 0. The second kappa shape index (κ2) is 5.09. The van der Waals surface area contributed by atoms with E-state index in [-0.39, 0.29) is 22.2 Å². The van der Waals surface area contributed by atoms with Crippen LogP contribution in [0.4, 0.5) is 0 Å². The Balaban J connectivity index is 1.59. The average Bonchev–Trinajstić information content (AvgIpc) is 3.10. The highest BCUT2D eigenvalue weighted by molar-refractivity contribution is 5.32.